The summed E-state index contributed by atoms with van der Waals surface area (Å²) in [6, 6.07) is 15.0. The molecule has 1 fully saturated rings. The maximum absolute atomic E-state index is 13.1. The second-order valence-corrected chi connectivity index (χ2v) is 7.88. The topological polar surface area (TPSA) is 57.9 Å². The van der Waals surface area contributed by atoms with Gasteiger partial charge in [0.05, 0.1) is 11.6 Å². The maximum Gasteiger partial charge on any atom is 0.274 e. The molecule has 0 saturated carbocycles. The zero-order chi connectivity index (χ0) is 21.1. The Balaban J connectivity index is 1.70. The SMILES string of the molecule is CCCCN(C)C(=O)c1nc([C@H]2CCCN2C(=O)c2ccccc2)n2ccccc12. The number of hydrogen-bond acceptors (Lipinski definition) is 3. The fourth-order valence-electron chi connectivity index (χ4n) is 4.16. The molecule has 3 aromatic rings. The van der Waals surface area contributed by atoms with Crippen LogP contribution in [0.15, 0.2) is 54.7 Å². The first-order valence-corrected chi connectivity index (χ1v) is 10.7. The van der Waals surface area contributed by atoms with E-state index in [2.05, 4.69) is 6.92 Å². The summed E-state index contributed by atoms with van der Waals surface area (Å²) in [6.45, 7) is 3.51. The number of unbranched alkanes of at least 4 members (excludes halogenated alkanes) is 1. The normalized spacial score (nSPS) is 16.2. The first kappa shape index (κ1) is 20.1. The van der Waals surface area contributed by atoms with Crippen LogP contribution in [-0.4, -0.2) is 51.1 Å². The van der Waals surface area contributed by atoms with E-state index in [4.69, 9.17) is 4.98 Å². The van der Waals surface area contributed by atoms with Gasteiger partial charge in [-0.1, -0.05) is 37.6 Å². The highest BCUT2D eigenvalue weighted by molar-refractivity contribution is 5.99. The lowest BCUT2D eigenvalue weighted by Gasteiger charge is -2.24. The van der Waals surface area contributed by atoms with Gasteiger partial charge in [0.25, 0.3) is 11.8 Å². The number of imidazole rings is 1. The van der Waals surface area contributed by atoms with Gasteiger partial charge in [-0.25, -0.2) is 4.98 Å². The van der Waals surface area contributed by atoms with Crippen molar-refractivity contribution in [1.29, 1.82) is 0 Å². The molecule has 1 aliphatic rings. The van der Waals surface area contributed by atoms with Crippen molar-refractivity contribution in [2.24, 2.45) is 0 Å². The van der Waals surface area contributed by atoms with E-state index in [9.17, 15) is 9.59 Å². The second-order valence-electron chi connectivity index (χ2n) is 7.88. The molecule has 2 aromatic heterocycles. The molecule has 1 atom stereocenters. The van der Waals surface area contributed by atoms with Crippen molar-refractivity contribution in [3.05, 3.63) is 71.8 Å². The van der Waals surface area contributed by atoms with E-state index in [1.165, 1.54) is 0 Å². The van der Waals surface area contributed by atoms with Crippen LogP contribution in [0.1, 0.15) is 65.3 Å². The summed E-state index contributed by atoms with van der Waals surface area (Å²) in [4.78, 5) is 34.7. The van der Waals surface area contributed by atoms with Gasteiger partial charge in [-0.2, -0.15) is 0 Å². The average molecular weight is 405 g/mol. The van der Waals surface area contributed by atoms with Crippen molar-refractivity contribution in [3.63, 3.8) is 0 Å². The number of nitrogens with zero attached hydrogens (tertiary/aromatic N) is 4. The molecule has 0 spiro atoms. The number of amides is 2. The van der Waals surface area contributed by atoms with Crippen LogP contribution >= 0.6 is 0 Å². The lowest BCUT2D eigenvalue weighted by Crippen LogP contribution is -2.31. The molecule has 0 N–H and O–H groups in total. The zero-order valence-electron chi connectivity index (χ0n) is 17.6. The molecule has 1 aromatic carbocycles. The number of aromatic nitrogens is 2. The van der Waals surface area contributed by atoms with E-state index >= 15 is 0 Å². The number of rotatable bonds is 6. The number of likely N-dealkylation sites (tertiary alicyclic amines) is 1. The number of benzene rings is 1. The molecule has 0 aliphatic carbocycles. The fraction of sp³-hybridized carbons (Fsp3) is 0.375. The van der Waals surface area contributed by atoms with Crippen LogP contribution in [0.2, 0.25) is 0 Å². The third-order valence-corrected chi connectivity index (χ3v) is 5.80. The summed E-state index contributed by atoms with van der Waals surface area (Å²) < 4.78 is 1.97. The van der Waals surface area contributed by atoms with E-state index < -0.39 is 0 Å². The lowest BCUT2D eigenvalue weighted by molar-refractivity contribution is 0.0729. The molecule has 2 amide bonds. The summed E-state index contributed by atoms with van der Waals surface area (Å²) in [7, 11) is 1.83. The monoisotopic (exact) mass is 404 g/mol. The largest absolute Gasteiger partial charge is 0.340 e. The molecule has 4 rings (SSSR count). The molecule has 0 unspecified atom stereocenters. The maximum atomic E-state index is 13.1. The Morgan fingerprint density at radius 3 is 2.67 bits per heavy atom. The predicted molar refractivity (Wildman–Crippen MR) is 117 cm³/mol. The highest BCUT2D eigenvalue weighted by Gasteiger charge is 2.34. The van der Waals surface area contributed by atoms with Gasteiger partial charge >= 0.3 is 0 Å². The summed E-state index contributed by atoms with van der Waals surface area (Å²) >= 11 is 0. The van der Waals surface area contributed by atoms with Crippen LogP contribution in [0.25, 0.3) is 5.52 Å². The Kier molecular flexibility index (Phi) is 5.84. The Bertz CT molecular complexity index is 1040. The van der Waals surface area contributed by atoms with E-state index in [0.717, 1.165) is 37.0 Å². The first-order valence-electron chi connectivity index (χ1n) is 10.7. The molecule has 6 nitrogen and oxygen atoms in total. The van der Waals surface area contributed by atoms with Crippen LogP contribution in [0.5, 0.6) is 0 Å². The minimum absolute atomic E-state index is 0.0127. The molecule has 0 bridgehead atoms. The van der Waals surface area contributed by atoms with Crippen molar-refractivity contribution in [2.45, 2.75) is 38.6 Å². The number of pyridine rings is 1. The van der Waals surface area contributed by atoms with Crippen LogP contribution < -0.4 is 0 Å². The van der Waals surface area contributed by atoms with Crippen molar-refractivity contribution < 1.29 is 9.59 Å². The highest BCUT2D eigenvalue weighted by Crippen LogP contribution is 2.34. The Labute approximate surface area is 177 Å². The van der Waals surface area contributed by atoms with Crippen molar-refractivity contribution in [2.75, 3.05) is 20.1 Å². The van der Waals surface area contributed by atoms with E-state index in [1.54, 1.807) is 4.90 Å². The number of carbonyl (C=O) groups is 2. The molecule has 1 aliphatic heterocycles. The molecule has 1 saturated heterocycles. The molecule has 0 radical (unpaired) electrons. The Morgan fingerprint density at radius 2 is 1.90 bits per heavy atom. The average Bonchev–Trinajstić information content (AvgIpc) is 3.42. The summed E-state index contributed by atoms with van der Waals surface area (Å²) in [6.07, 6.45) is 5.69. The summed E-state index contributed by atoms with van der Waals surface area (Å²) in [5.74, 6) is 0.704. The molecule has 3 heterocycles. The molecule has 156 valence electrons. The van der Waals surface area contributed by atoms with E-state index in [0.29, 0.717) is 24.3 Å². The van der Waals surface area contributed by atoms with Crippen LogP contribution in [0.4, 0.5) is 0 Å². The van der Waals surface area contributed by atoms with Gasteiger partial charge in [-0.15, -0.1) is 0 Å². The van der Waals surface area contributed by atoms with Gasteiger partial charge in [0, 0.05) is 31.9 Å². The Morgan fingerprint density at radius 1 is 1.13 bits per heavy atom. The first-order chi connectivity index (χ1) is 14.6. The van der Waals surface area contributed by atoms with Gasteiger partial charge in [-0.3, -0.25) is 9.59 Å². The van der Waals surface area contributed by atoms with Crippen molar-refractivity contribution in [3.8, 4) is 0 Å². The number of hydrogen-bond donors (Lipinski definition) is 0. The summed E-state index contributed by atoms with van der Waals surface area (Å²) in [5.41, 5.74) is 1.93. The van der Waals surface area contributed by atoms with E-state index in [-0.39, 0.29) is 17.9 Å². The van der Waals surface area contributed by atoms with Crippen molar-refractivity contribution >= 4 is 17.3 Å². The van der Waals surface area contributed by atoms with Gasteiger partial charge in [-0.05, 0) is 43.5 Å². The van der Waals surface area contributed by atoms with Crippen molar-refractivity contribution in [1.82, 2.24) is 19.2 Å². The number of carbonyl (C=O) groups excluding carboxylic acids is 2. The third kappa shape index (κ3) is 3.70. The Hall–Kier alpha value is -3.15. The minimum Gasteiger partial charge on any atom is -0.340 e. The van der Waals surface area contributed by atoms with Crippen LogP contribution in [-0.2, 0) is 0 Å². The molecular formula is C24H28N4O2. The number of fused-ring (bicyclic) bond motifs is 1. The fourth-order valence-corrected chi connectivity index (χ4v) is 4.16. The second kappa shape index (κ2) is 8.69. The quantitative estimate of drug-likeness (QED) is 0.619. The van der Waals surface area contributed by atoms with Gasteiger partial charge in [0.1, 0.15) is 5.82 Å². The van der Waals surface area contributed by atoms with Crippen LogP contribution in [0.3, 0.4) is 0 Å². The van der Waals surface area contributed by atoms with E-state index in [1.807, 2.05) is 71.1 Å². The molecule has 6 heteroatoms. The zero-order valence-corrected chi connectivity index (χ0v) is 17.6. The smallest absolute Gasteiger partial charge is 0.274 e. The standard InChI is InChI=1S/C24H28N4O2/c1-3-4-15-26(2)24(30)21-19-13-8-9-16-27(19)22(25-21)20-14-10-17-28(20)23(29)18-11-6-5-7-12-18/h5-9,11-13,16,20H,3-4,10,14-15,17H2,1-2H3/t20-/m1/s1. The molecule has 30 heavy (non-hydrogen) atoms. The van der Waals surface area contributed by atoms with Gasteiger partial charge in [0.15, 0.2) is 5.69 Å². The van der Waals surface area contributed by atoms with Gasteiger partial charge < -0.3 is 14.2 Å². The highest BCUT2D eigenvalue weighted by atomic mass is 16.2. The third-order valence-electron chi connectivity index (χ3n) is 5.80. The van der Waals surface area contributed by atoms with Crippen LogP contribution in [0, 0.1) is 0 Å². The summed E-state index contributed by atoms with van der Waals surface area (Å²) in [5, 5.41) is 0. The predicted octanol–water partition coefficient (Wildman–Crippen LogP) is 4.18. The molecular weight excluding hydrogens is 376 g/mol. The van der Waals surface area contributed by atoms with Gasteiger partial charge in [0.2, 0.25) is 0 Å². The lowest BCUT2D eigenvalue weighted by atomic mass is 10.1. The minimum atomic E-state index is -0.143.